The first kappa shape index (κ1) is 10.4. The zero-order valence-electron chi connectivity index (χ0n) is 9.04. The third-order valence-electron chi connectivity index (χ3n) is 3.86. The number of aliphatic hydroxyl groups excluding tert-OH is 1. The minimum Gasteiger partial charge on any atom is -0.391 e. The number of nitrogens with one attached hydrogen (secondary N) is 1. The number of rotatable bonds is 3. The van der Waals surface area contributed by atoms with Crippen LogP contribution in [-0.4, -0.2) is 23.8 Å². The summed E-state index contributed by atoms with van der Waals surface area (Å²) in [7, 11) is 0. The molecule has 1 saturated carbocycles. The first-order chi connectivity index (χ1) is 6.86. The van der Waals surface area contributed by atoms with Gasteiger partial charge >= 0.3 is 0 Å². The van der Waals surface area contributed by atoms with Crippen molar-refractivity contribution >= 4 is 0 Å². The highest BCUT2D eigenvalue weighted by Crippen LogP contribution is 2.29. The Hall–Kier alpha value is -0.0800. The average Bonchev–Trinajstić information content (AvgIpc) is 2.72. The summed E-state index contributed by atoms with van der Waals surface area (Å²) in [6.45, 7) is 1.10. The predicted octanol–water partition coefficient (Wildman–Crippen LogP) is 2.07. The van der Waals surface area contributed by atoms with Crippen molar-refractivity contribution < 1.29 is 5.11 Å². The van der Waals surface area contributed by atoms with Gasteiger partial charge in [-0.15, -0.1) is 0 Å². The smallest absolute Gasteiger partial charge is 0.0695 e. The van der Waals surface area contributed by atoms with Crippen LogP contribution in [0.3, 0.4) is 0 Å². The molecule has 0 aromatic heterocycles. The second-order valence-corrected chi connectivity index (χ2v) is 5.01. The second-order valence-electron chi connectivity index (χ2n) is 5.01. The molecule has 2 unspecified atom stereocenters. The highest BCUT2D eigenvalue weighted by atomic mass is 16.3. The predicted molar refractivity (Wildman–Crippen MR) is 58.2 cm³/mol. The zero-order chi connectivity index (χ0) is 9.80. The minimum absolute atomic E-state index is 0.0848. The van der Waals surface area contributed by atoms with E-state index < -0.39 is 0 Å². The number of aliphatic hydroxyl groups is 1. The van der Waals surface area contributed by atoms with E-state index in [1.807, 2.05) is 0 Å². The maximum Gasteiger partial charge on any atom is 0.0695 e. The van der Waals surface area contributed by atoms with Gasteiger partial charge in [-0.25, -0.2) is 0 Å². The van der Waals surface area contributed by atoms with Crippen molar-refractivity contribution in [2.75, 3.05) is 6.54 Å². The fraction of sp³-hybridized carbons (Fsp3) is 1.00. The van der Waals surface area contributed by atoms with Gasteiger partial charge in [0.15, 0.2) is 0 Å². The highest BCUT2D eigenvalue weighted by Gasteiger charge is 2.25. The fourth-order valence-electron chi connectivity index (χ4n) is 2.96. The Kier molecular flexibility index (Phi) is 3.82. The number of hydrogen-bond donors (Lipinski definition) is 2. The van der Waals surface area contributed by atoms with Crippen LogP contribution < -0.4 is 5.32 Å². The molecule has 2 fully saturated rings. The van der Waals surface area contributed by atoms with Gasteiger partial charge in [0.25, 0.3) is 0 Å². The van der Waals surface area contributed by atoms with Crippen molar-refractivity contribution in [2.45, 2.75) is 63.5 Å². The molecule has 0 aromatic rings. The third kappa shape index (κ3) is 2.71. The first-order valence-electron chi connectivity index (χ1n) is 6.28. The average molecular weight is 197 g/mol. The summed E-state index contributed by atoms with van der Waals surface area (Å²) in [6, 6.07) is 0.393. The van der Waals surface area contributed by atoms with E-state index in [4.69, 9.17) is 0 Å². The lowest BCUT2D eigenvalue weighted by Crippen LogP contribution is -2.43. The van der Waals surface area contributed by atoms with E-state index in [1.165, 1.54) is 44.9 Å². The molecule has 2 heteroatoms. The van der Waals surface area contributed by atoms with Crippen LogP contribution in [0.1, 0.15) is 51.4 Å². The molecule has 1 saturated heterocycles. The van der Waals surface area contributed by atoms with Crippen LogP contribution in [0.2, 0.25) is 0 Å². The Balaban J connectivity index is 1.72. The van der Waals surface area contributed by atoms with Gasteiger partial charge in [-0.3, -0.25) is 0 Å². The largest absolute Gasteiger partial charge is 0.391 e. The van der Waals surface area contributed by atoms with E-state index in [0.29, 0.717) is 6.04 Å². The molecule has 1 aliphatic carbocycles. The Labute approximate surface area is 87.1 Å². The third-order valence-corrected chi connectivity index (χ3v) is 3.86. The van der Waals surface area contributed by atoms with Gasteiger partial charge in [-0.05, 0) is 31.7 Å². The molecular weight excluding hydrogens is 174 g/mol. The fourth-order valence-corrected chi connectivity index (χ4v) is 2.96. The molecule has 0 aromatic carbocycles. The van der Waals surface area contributed by atoms with Crippen LogP contribution in [0, 0.1) is 5.92 Å². The van der Waals surface area contributed by atoms with Gasteiger partial charge in [-0.1, -0.05) is 32.1 Å². The Morgan fingerprint density at radius 2 is 1.79 bits per heavy atom. The summed E-state index contributed by atoms with van der Waals surface area (Å²) in [5.41, 5.74) is 0. The first-order valence-corrected chi connectivity index (χ1v) is 6.28. The van der Waals surface area contributed by atoms with Crippen molar-refractivity contribution in [1.82, 2.24) is 5.32 Å². The van der Waals surface area contributed by atoms with Gasteiger partial charge in [0.1, 0.15) is 0 Å². The molecule has 2 N–H and O–H groups in total. The van der Waals surface area contributed by atoms with Crippen molar-refractivity contribution in [3.05, 3.63) is 0 Å². The van der Waals surface area contributed by atoms with Gasteiger partial charge < -0.3 is 10.4 Å². The molecule has 2 rings (SSSR count). The quantitative estimate of drug-likeness (QED) is 0.726. The number of hydrogen-bond acceptors (Lipinski definition) is 2. The maximum atomic E-state index is 10.1. The van der Waals surface area contributed by atoms with E-state index in [2.05, 4.69) is 5.32 Å². The van der Waals surface area contributed by atoms with Crippen molar-refractivity contribution in [3.8, 4) is 0 Å². The van der Waals surface area contributed by atoms with Crippen LogP contribution in [0.5, 0.6) is 0 Å². The van der Waals surface area contributed by atoms with Gasteiger partial charge in [0.2, 0.25) is 0 Å². The summed E-state index contributed by atoms with van der Waals surface area (Å²) in [5, 5.41) is 13.5. The van der Waals surface area contributed by atoms with E-state index in [-0.39, 0.29) is 6.10 Å². The van der Waals surface area contributed by atoms with E-state index in [1.54, 1.807) is 0 Å². The number of piperidine rings is 1. The maximum absolute atomic E-state index is 10.1. The molecular formula is C12H23NO. The SMILES string of the molecule is OC(CC1CCCC1)C1CCCCN1. The van der Waals surface area contributed by atoms with Crippen molar-refractivity contribution in [1.29, 1.82) is 0 Å². The Morgan fingerprint density at radius 3 is 2.43 bits per heavy atom. The van der Waals surface area contributed by atoms with Crippen LogP contribution >= 0.6 is 0 Å². The van der Waals surface area contributed by atoms with Gasteiger partial charge in [0, 0.05) is 6.04 Å². The highest BCUT2D eigenvalue weighted by molar-refractivity contribution is 4.82. The van der Waals surface area contributed by atoms with Crippen LogP contribution in [0.15, 0.2) is 0 Å². The van der Waals surface area contributed by atoms with Gasteiger partial charge in [0.05, 0.1) is 6.10 Å². The summed E-state index contributed by atoms with van der Waals surface area (Å²) < 4.78 is 0. The standard InChI is InChI=1S/C12H23NO/c14-12(9-10-5-1-2-6-10)11-7-3-4-8-13-11/h10-14H,1-9H2. The zero-order valence-corrected chi connectivity index (χ0v) is 9.04. The Morgan fingerprint density at radius 1 is 1.07 bits per heavy atom. The molecule has 2 aliphatic rings. The molecule has 0 bridgehead atoms. The van der Waals surface area contributed by atoms with E-state index >= 15 is 0 Å². The summed E-state index contributed by atoms with van der Waals surface area (Å²) in [6.07, 6.45) is 10.2. The van der Waals surface area contributed by atoms with Crippen molar-refractivity contribution in [3.63, 3.8) is 0 Å². The Bertz CT molecular complexity index is 160. The molecule has 14 heavy (non-hydrogen) atoms. The van der Waals surface area contributed by atoms with E-state index in [0.717, 1.165) is 18.9 Å². The van der Waals surface area contributed by atoms with Crippen LogP contribution in [-0.2, 0) is 0 Å². The molecule has 2 atom stereocenters. The van der Waals surface area contributed by atoms with E-state index in [9.17, 15) is 5.11 Å². The summed E-state index contributed by atoms with van der Waals surface area (Å²) in [5.74, 6) is 0.814. The molecule has 2 nitrogen and oxygen atoms in total. The van der Waals surface area contributed by atoms with Crippen LogP contribution in [0.25, 0.3) is 0 Å². The topological polar surface area (TPSA) is 32.3 Å². The van der Waals surface area contributed by atoms with Gasteiger partial charge in [-0.2, -0.15) is 0 Å². The van der Waals surface area contributed by atoms with Crippen molar-refractivity contribution in [2.24, 2.45) is 5.92 Å². The lowest BCUT2D eigenvalue weighted by atomic mass is 9.92. The second kappa shape index (κ2) is 5.13. The summed E-state index contributed by atoms with van der Waals surface area (Å²) in [4.78, 5) is 0. The molecule has 0 radical (unpaired) electrons. The molecule has 0 amide bonds. The molecule has 0 spiro atoms. The molecule has 82 valence electrons. The lowest BCUT2D eigenvalue weighted by molar-refractivity contribution is 0.0887. The lowest BCUT2D eigenvalue weighted by Gasteiger charge is -2.29. The molecule has 1 heterocycles. The van der Waals surface area contributed by atoms with Crippen LogP contribution in [0.4, 0.5) is 0 Å². The normalized spacial score (nSPS) is 31.9. The minimum atomic E-state index is -0.0848. The summed E-state index contributed by atoms with van der Waals surface area (Å²) >= 11 is 0. The molecule has 1 aliphatic heterocycles. The monoisotopic (exact) mass is 197 g/mol.